The Morgan fingerprint density at radius 3 is 2.58 bits per heavy atom. The van der Waals surface area contributed by atoms with E-state index in [9.17, 15) is 19.1 Å². The number of ether oxygens (including phenoxy) is 1. The van der Waals surface area contributed by atoms with Crippen LogP contribution in [0.2, 0.25) is 0 Å². The number of esters is 1. The number of aliphatic hydroxyl groups is 1. The van der Waals surface area contributed by atoms with Crippen LogP contribution in [0.3, 0.4) is 0 Å². The second kappa shape index (κ2) is 7.90. The van der Waals surface area contributed by atoms with Gasteiger partial charge in [-0.3, -0.25) is 4.79 Å². The van der Waals surface area contributed by atoms with Gasteiger partial charge in [0.25, 0.3) is 0 Å². The zero-order valence-corrected chi connectivity index (χ0v) is 20.1. The van der Waals surface area contributed by atoms with Gasteiger partial charge >= 0.3 is 5.97 Å². The molecule has 0 radical (unpaired) electrons. The zero-order valence-electron chi connectivity index (χ0n) is 20.1. The fourth-order valence-corrected chi connectivity index (χ4v) is 7.31. The van der Waals surface area contributed by atoms with Gasteiger partial charge in [-0.2, -0.15) is 0 Å². The van der Waals surface area contributed by atoms with Crippen molar-refractivity contribution in [1.29, 1.82) is 0 Å². The van der Waals surface area contributed by atoms with E-state index in [-0.39, 0.29) is 23.2 Å². The van der Waals surface area contributed by atoms with Crippen molar-refractivity contribution in [3.05, 3.63) is 60.5 Å². The van der Waals surface area contributed by atoms with E-state index in [2.05, 4.69) is 20.1 Å². The summed E-state index contributed by atoms with van der Waals surface area (Å²) in [4.78, 5) is 26.6. The lowest BCUT2D eigenvalue weighted by molar-refractivity contribution is -0.191. The normalized spacial score (nSPS) is 42.8. The molecule has 1 N–H and O–H groups in total. The van der Waals surface area contributed by atoms with E-state index in [0.717, 1.165) is 12.8 Å². The van der Waals surface area contributed by atoms with Crippen molar-refractivity contribution in [2.45, 2.75) is 65.6 Å². The lowest BCUT2D eigenvalue weighted by Gasteiger charge is -2.61. The summed E-state index contributed by atoms with van der Waals surface area (Å²) in [7, 11) is 0. The molecule has 0 unspecified atom stereocenters. The maximum absolute atomic E-state index is 14.4. The Bertz CT molecular complexity index is 1020. The number of hydrogen-bond donors (Lipinski definition) is 1. The lowest BCUT2D eigenvalue weighted by Crippen LogP contribution is -2.62. The minimum Gasteiger partial charge on any atom is -0.457 e. The van der Waals surface area contributed by atoms with Crippen molar-refractivity contribution in [3.63, 3.8) is 0 Å². The average Bonchev–Trinajstić information content (AvgIpc) is 3.05. The van der Waals surface area contributed by atoms with Gasteiger partial charge in [0.15, 0.2) is 5.78 Å². The van der Waals surface area contributed by atoms with Gasteiger partial charge < -0.3 is 9.84 Å². The summed E-state index contributed by atoms with van der Waals surface area (Å²) >= 11 is 0. The molecule has 178 valence electrons. The van der Waals surface area contributed by atoms with E-state index in [0.29, 0.717) is 18.4 Å². The molecule has 4 rings (SSSR count). The van der Waals surface area contributed by atoms with Crippen LogP contribution < -0.4 is 0 Å². The first-order valence-corrected chi connectivity index (χ1v) is 11.9. The second-order valence-electron chi connectivity index (χ2n) is 11.1. The third kappa shape index (κ3) is 3.26. The van der Waals surface area contributed by atoms with Crippen molar-refractivity contribution in [1.82, 2.24) is 0 Å². The minimum absolute atomic E-state index is 0.0244. The summed E-state index contributed by atoms with van der Waals surface area (Å²) in [5.74, 6) is -1.81. The van der Waals surface area contributed by atoms with Gasteiger partial charge in [-0.1, -0.05) is 52.5 Å². The summed E-state index contributed by atoms with van der Waals surface area (Å²) in [5, 5.41) is 11.6. The van der Waals surface area contributed by atoms with E-state index in [1.807, 2.05) is 20.8 Å². The van der Waals surface area contributed by atoms with Crippen LogP contribution in [-0.4, -0.2) is 29.1 Å². The van der Waals surface area contributed by atoms with Crippen molar-refractivity contribution in [3.8, 4) is 0 Å². The number of carbonyl (C=O) groups is 2. The molecule has 33 heavy (non-hydrogen) atoms. The van der Waals surface area contributed by atoms with E-state index in [1.165, 1.54) is 18.2 Å². The van der Waals surface area contributed by atoms with Crippen LogP contribution >= 0.6 is 0 Å². The van der Waals surface area contributed by atoms with Gasteiger partial charge in [0.05, 0.1) is 11.7 Å². The smallest absolute Gasteiger partial charge is 0.341 e. The molecule has 1 aromatic rings. The highest BCUT2D eigenvalue weighted by molar-refractivity contribution is 6.00. The Labute approximate surface area is 195 Å². The fraction of sp³-hybridized carbons (Fsp3) is 0.571. The van der Waals surface area contributed by atoms with Crippen LogP contribution in [0.25, 0.3) is 0 Å². The lowest BCUT2D eigenvalue weighted by atomic mass is 9.44. The van der Waals surface area contributed by atoms with E-state index >= 15 is 0 Å². The highest BCUT2D eigenvalue weighted by Crippen LogP contribution is 2.68. The van der Waals surface area contributed by atoms with E-state index in [1.54, 1.807) is 12.1 Å². The summed E-state index contributed by atoms with van der Waals surface area (Å²) in [6.45, 7) is 16.2. The van der Waals surface area contributed by atoms with Crippen LogP contribution in [0, 0.1) is 39.8 Å². The van der Waals surface area contributed by atoms with Gasteiger partial charge in [-0.05, 0) is 54.7 Å². The van der Waals surface area contributed by atoms with Gasteiger partial charge in [0.2, 0.25) is 0 Å². The Morgan fingerprint density at radius 1 is 1.27 bits per heavy atom. The maximum atomic E-state index is 14.4. The molecular formula is C28H35FO4. The third-order valence-corrected chi connectivity index (χ3v) is 9.61. The van der Waals surface area contributed by atoms with Crippen molar-refractivity contribution >= 4 is 11.8 Å². The molecule has 0 spiro atoms. The van der Waals surface area contributed by atoms with Crippen LogP contribution in [-0.2, 0) is 9.53 Å². The molecule has 8 atom stereocenters. The fourth-order valence-electron chi connectivity index (χ4n) is 7.31. The number of benzene rings is 1. The van der Waals surface area contributed by atoms with Gasteiger partial charge in [0, 0.05) is 22.7 Å². The molecule has 3 aliphatic carbocycles. The molecule has 0 amide bonds. The number of ketones is 1. The molecule has 0 saturated heterocycles. The average molecular weight is 455 g/mol. The molecule has 2 bridgehead atoms. The monoisotopic (exact) mass is 454 g/mol. The summed E-state index contributed by atoms with van der Waals surface area (Å²) in [6.07, 6.45) is 2.74. The second-order valence-corrected chi connectivity index (χ2v) is 11.1. The van der Waals surface area contributed by atoms with Crippen LogP contribution in [0.15, 0.2) is 49.1 Å². The number of halogens is 1. The van der Waals surface area contributed by atoms with Crippen LogP contribution in [0.1, 0.15) is 63.7 Å². The topological polar surface area (TPSA) is 63.6 Å². The highest BCUT2D eigenvalue weighted by atomic mass is 19.1. The van der Waals surface area contributed by atoms with E-state index < -0.39 is 46.2 Å². The maximum Gasteiger partial charge on any atom is 0.341 e. The first-order chi connectivity index (χ1) is 15.4. The Hall–Kier alpha value is -2.27. The molecule has 3 aliphatic rings. The molecule has 5 heteroatoms. The van der Waals surface area contributed by atoms with Gasteiger partial charge in [-0.25, -0.2) is 9.18 Å². The quantitative estimate of drug-likeness (QED) is 0.372. The third-order valence-electron chi connectivity index (χ3n) is 9.61. The highest BCUT2D eigenvalue weighted by Gasteiger charge is 2.68. The number of allylic oxidation sites excluding steroid dienone is 1. The first-order valence-electron chi connectivity index (χ1n) is 11.9. The molecule has 0 aliphatic heterocycles. The predicted octanol–water partition coefficient (Wildman–Crippen LogP) is 5.51. The van der Waals surface area contributed by atoms with Crippen molar-refractivity contribution < 1.29 is 23.8 Å². The summed E-state index contributed by atoms with van der Waals surface area (Å²) < 4.78 is 20.5. The van der Waals surface area contributed by atoms with Gasteiger partial charge in [0.1, 0.15) is 11.9 Å². The van der Waals surface area contributed by atoms with Crippen molar-refractivity contribution in [2.24, 2.45) is 34.0 Å². The molecule has 4 nitrogen and oxygen atoms in total. The largest absolute Gasteiger partial charge is 0.457 e. The van der Waals surface area contributed by atoms with Crippen LogP contribution in [0.4, 0.5) is 4.39 Å². The molecular weight excluding hydrogens is 419 g/mol. The van der Waals surface area contributed by atoms with Gasteiger partial charge in [-0.15, -0.1) is 6.58 Å². The Kier molecular flexibility index (Phi) is 5.72. The molecule has 0 aromatic heterocycles. The number of hydrogen-bond acceptors (Lipinski definition) is 4. The van der Waals surface area contributed by atoms with Crippen LogP contribution in [0.5, 0.6) is 0 Å². The Morgan fingerprint density at radius 2 is 1.94 bits per heavy atom. The Balaban J connectivity index is 1.85. The standard InChI is InChI=1S/C28H35FO4/c1-7-26(5)15-21(30)27(6)17(3)12-13-28(14-16(2)22(31)23(27)28)18(4)24(26)33-25(32)19-10-8-9-11-20(19)29/h7-11,17-18,21,23-24,30H,1-2,12-15H2,3-6H3/t17-,18+,21-,23+,24+,26-,27+,28+/m1/s1. The number of carbonyl (C=O) groups excluding carboxylic acids is 2. The first kappa shape index (κ1) is 23.9. The molecule has 3 saturated carbocycles. The van der Waals surface area contributed by atoms with Crippen molar-refractivity contribution in [2.75, 3.05) is 0 Å². The number of rotatable bonds is 3. The molecule has 3 fully saturated rings. The molecule has 1 aromatic carbocycles. The number of aliphatic hydroxyl groups excluding tert-OH is 1. The molecule has 0 heterocycles. The minimum atomic E-state index is -0.794. The number of Topliss-reactive ketones (excluding diaryl/α,β-unsaturated/α-hetero) is 1. The van der Waals surface area contributed by atoms with E-state index in [4.69, 9.17) is 4.74 Å². The predicted molar refractivity (Wildman–Crippen MR) is 125 cm³/mol. The summed E-state index contributed by atoms with van der Waals surface area (Å²) in [6, 6.07) is 5.77. The zero-order chi connectivity index (χ0) is 24.3. The SMILES string of the molecule is C=C[C@]1(C)C[C@@H](O)[C@]2(C)[C@H](C)CC[C@]3(CC(=C)C(=O)[C@H]32)[C@@H](C)[C@@H]1OC(=O)c1ccccc1F. The summed E-state index contributed by atoms with van der Waals surface area (Å²) in [5.41, 5.74) is -1.40.